The van der Waals surface area contributed by atoms with Crippen LogP contribution in [-0.2, 0) is 12.8 Å². The van der Waals surface area contributed by atoms with Crippen molar-refractivity contribution < 1.29 is 0 Å². The molecule has 0 aliphatic heterocycles. The molecule has 1 aromatic rings. The summed E-state index contributed by atoms with van der Waals surface area (Å²) in [6, 6.07) is 2.15. The molecule has 0 fully saturated rings. The highest BCUT2D eigenvalue weighted by molar-refractivity contribution is 7.80. The molecule has 110 valence electrons. The van der Waals surface area contributed by atoms with Crippen LogP contribution in [0.1, 0.15) is 56.4 Å². The standard InChI is InChI=1S/C16H25N3S/c1-11(2)6-5-9-18-16-13(15(17)20)10-12-7-3-4-8-14(12)19-16/h10-11H,3-9H2,1-2H3,(H2,17,20)(H,18,19). The van der Waals surface area contributed by atoms with Gasteiger partial charge in [-0.25, -0.2) is 4.98 Å². The van der Waals surface area contributed by atoms with Crippen LogP contribution in [-0.4, -0.2) is 16.5 Å². The Hall–Kier alpha value is -1.16. The van der Waals surface area contributed by atoms with Gasteiger partial charge < -0.3 is 11.1 Å². The third-order valence-electron chi connectivity index (χ3n) is 3.82. The predicted molar refractivity (Wildman–Crippen MR) is 89.3 cm³/mol. The van der Waals surface area contributed by atoms with Crippen LogP contribution in [0.4, 0.5) is 5.82 Å². The average molecular weight is 291 g/mol. The fourth-order valence-corrected chi connectivity index (χ4v) is 2.83. The van der Waals surface area contributed by atoms with Crippen molar-refractivity contribution >= 4 is 23.0 Å². The highest BCUT2D eigenvalue weighted by Gasteiger charge is 2.16. The molecule has 0 spiro atoms. The minimum absolute atomic E-state index is 0.442. The van der Waals surface area contributed by atoms with Crippen molar-refractivity contribution in [2.24, 2.45) is 11.7 Å². The van der Waals surface area contributed by atoms with Gasteiger partial charge in [0.25, 0.3) is 0 Å². The number of hydrogen-bond donors (Lipinski definition) is 2. The van der Waals surface area contributed by atoms with Crippen molar-refractivity contribution in [2.75, 3.05) is 11.9 Å². The molecule has 4 heteroatoms. The fourth-order valence-electron chi connectivity index (χ4n) is 2.67. The van der Waals surface area contributed by atoms with Gasteiger partial charge in [-0.1, -0.05) is 26.1 Å². The van der Waals surface area contributed by atoms with Crippen LogP contribution in [0.5, 0.6) is 0 Å². The number of aryl methyl sites for hydroxylation is 2. The predicted octanol–water partition coefficient (Wildman–Crippen LogP) is 3.44. The van der Waals surface area contributed by atoms with E-state index >= 15 is 0 Å². The maximum atomic E-state index is 5.85. The lowest BCUT2D eigenvalue weighted by Gasteiger charge is -2.19. The second-order valence-electron chi connectivity index (χ2n) is 6.02. The third-order valence-corrected chi connectivity index (χ3v) is 4.04. The molecule has 1 aliphatic rings. The SMILES string of the molecule is CC(C)CCCNc1nc2c(cc1C(N)=S)CCCC2. The van der Waals surface area contributed by atoms with Crippen molar-refractivity contribution in [3.05, 3.63) is 22.9 Å². The number of pyridine rings is 1. The average Bonchev–Trinajstić information content (AvgIpc) is 2.42. The van der Waals surface area contributed by atoms with Gasteiger partial charge in [0.1, 0.15) is 10.8 Å². The minimum Gasteiger partial charge on any atom is -0.389 e. The van der Waals surface area contributed by atoms with Gasteiger partial charge in [0.15, 0.2) is 0 Å². The summed E-state index contributed by atoms with van der Waals surface area (Å²) in [5.74, 6) is 1.62. The molecule has 3 nitrogen and oxygen atoms in total. The smallest absolute Gasteiger partial charge is 0.136 e. The lowest BCUT2D eigenvalue weighted by atomic mass is 9.94. The first kappa shape index (κ1) is 15.2. The van der Waals surface area contributed by atoms with Gasteiger partial charge in [-0.3, -0.25) is 0 Å². The van der Waals surface area contributed by atoms with Gasteiger partial charge in [0.2, 0.25) is 0 Å². The van der Waals surface area contributed by atoms with Crippen molar-refractivity contribution in [1.29, 1.82) is 0 Å². The van der Waals surface area contributed by atoms with Gasteiger partial charge in [0, 0.05) is 12.2 Å². The van der Waals surface area contributed by atoms with Crippen LogP contribution in [0, 0.1) is 5.92 Å². The Labute approximate surface area is 127 Å². The van der Waals surface area contributed by atoms with Crippen LogP contribution in [0.2, 0.25) is 0 Å². The van der Waals surface area contributed by atoms with E-state index in [0.717, 1.165) is 43.1 Å². The quantitative estimate of drug-likeness (QED) is 0.622. The molecular formula is C16H25N3S. The molecule has 0 bridgehead atoms. The Morgan fingerprint density at radius 1 is 1.40 bits per heavy atom. The molecule has 1 aromatic heterocycles. The van der Waals surface area contributed by atoms with Gasteiger partial charge in [-0.15, -0.1) is 0 Å². The molecular weight excluding hydrogens is 266 g/mol. The Balaban J connectivity index is 2.11. The van der Waals surface area contributed by atoms with Crippen LogP contribution >= 0.6 is 12.2 Å². The molecule has 0 amide bonds. The number of aromatic nitrogens is 1. The molecule has 1 heterocycles. The van der Waals surface area contributed by atoms with Crippen molar-refractivity contribution in [2.45, 2.75) is 52.4 Å². The maximum absolute atomic E-state index is 5.85. The van der Waals surface area contributed by atoms with Gasteiger partial charge in [-0.2, -0.15) is 0 Å². The monoisotopic (exact) mass is 291 g/mol. The maximum Gasteiger partial charge on any atom is 0.136 e. The summed E-state index contributed by atoms with van der Waals surface area (Å²) in [6.07, 6.45) is 7.03. The first-order chi connectivity index (χ1) is 9.58. The van der Waals surface area contributed by atoms with Gasteiger partial charge in [0.05, 0.1) is 5.56 Å². The summed E-state index contributed by atoms with van der Waals surface area (Å²) in [4.78, 5) is 5.21. The highest BCUT2D eigenvalue weighted by atomic mass is 32.1. The number of rotatable bonds is 6. The highest BCUT2D eigenvalue weighted by Crippen LogP contribution is 2.24. The third kappa shape index (κ3) is 3.92. The van der Waals surface area contributed by atoms with E-state index in [1.807, 2.05) is 0 Å². The summed E-state index contributed by atoms with van der Waals surface area (Å²) < 4.78 is 0. The van der Waals surface area contributed by atoms with E-state index in [0.29, 0.717) is 4.99 Å². The Kier molecular flexibility index (Phi) is 5.35. The lowest BCUT2D eigenvalue weighted by molar-refractivity contribution is 0.566. The first-order valence-corrected chi connectivity index (χ1v) is 8.05. The Bertz CT molecular complexity index is 483. The van der Waals surface area contributed by atoms with Gasteiger partial charge in [-0.05, 0) is 56.1 Å². The molecule has 20 heavy (non-hydrogen) atoms. The zero-order chi connectivity index (χ0) is 14.5. The molecule has 0 atom stereocenters. The first-order valence-electron chi connectivity index (χ1n) is 7.64. The summed E-state index contributed by atoms with van der Waals surface area (Å²) in [7, 11) is 0. The lowest BCUT2D eigenvalue weighted by Crippen LogP contribution is -2.18. The number of fused-ring (bicyclic) bond motifs is 1. The summed E-state index contributed by atoms with van der Waals surface area (Å²) in [6.45, 7) is 5.43. The van der Waals surface area contributed by atoms with E-state index in [2.05, 4.69) is 25.2 Å². The normalized spacial score (nSPS) is 14.2. The van der Waals surface area contributed by atoms with Crippen LogP contribution in [0.3, 0.4) is 0 Å². The zero-order valence-electron chi connectivity index (χ0n) is 12.5. The van der Waals surface area contributed by atoms with E-state index in [-0.39, 0.29) is 0 Å². The number of hydrogen-bond acceptors (Lipinski definition) is 3. The van der Waals surface area contributed by atoms with E-state index in [4.69, 9.17) is 22.9 Å². The molecule has 0 saturated heterocycles. The van der Waals surface area contributed by atoms with Crippen molar-refractivity contribution in [3.8, 4) is 0 Å². The van der Waals surface area contributed by atoms with E-state index in [1.165, 1.54) is 30.5 Å². The topological polar surface area (TPSA) is 50.9 Å². The molecule has 0 unspecified atom stereocenters. The van der Waals surface area contributed by atoms with E-state index < -0.39 is 0 Å². The second kappa shape index (κ2) is 7.02. The largest absolute Gasteiger partial charge is 0.389 e. The Morgan fingerprint density at radius 3 is 2.85 bits per heavy atom. The molecule has 3 N–H and O–H groups in total. The number of thiocarbonyl (C=S) groups is 1. The molecule has 0 radical (unpaired) electrons. The zero-order valence-corrected chi connectivity index (χ0v) is 13.4. The fraction of sp³-hybridized carbons (Fsp3) is 0.625. The Morgan fingerprint density at radius 2 is 2.15 bits per heavy atom. The summed E-state index contributed by atoms with van der Waals surface area (Å²) >= 11 is 5.17. The number of anilines is 1. The van der Waals surface area contributed by atoms with E-state index in [1.54, 1.807) is 0 Å². The van der Waals surface area contributed by atoms with Crippen LogP contribution in [0.15, 0.2) is 6.07 Å². The molecule has 0 aromatic carbocycles. The molecule has 1 aliphatic carbocycles. The van der Waals surface area contributed by atoms with E-state index in [9.17, 15) is 0 Å². The summed E-state index contributed by atoms with van der Waals surface area (Å²) in [5, 5.41) is 3.42. The molecule has 2 rings (SSSR count). The summed E-state index contributed by atoms with van der Waals surface area (Å²) in [5.41, 5.74) is 9.31. The number of nitrogens with two attached hydrogens (primary N) is 1. The minimum atomic E-state index is 0.442. The van der Waals surface area contributed by atoms with Crippen LogP contribution < -0.4 is 11.1 Å². The van der Waals surface area contributed by atoms with Crippen LogP contribution in [0.25, 0.3) is 0 Å². The second-order valence-corrected chi connectivity index (χ2v) is 6.46. The van der Waals surface area contributed by atoms with Crippen molar-refractivity contribution in [3.63, 3.8) is 0 Å². The number of nitrogens with zero attached hydrogens (tertiary/aromatic N) is 1. The molecule has 0 saturated carbocycles. The number of nitrogens with one attached hydrogen (secondary N) is 1. The van der Waals surface area contributed by atoms with Gasteiger partial charge >= 0.3 is 0 Å². The van der Waals surface area contributed by atoms with Crippen molar-refractivity contribution in [1.82, 2.24) is 4.98 Å².